The summed E-state index contributed by atoms with van der Waals surface area (Å²) in [6.45, 7) is 4.19. The van der Waals surface area contributed by atoms with Crippen molar-refractivity contribution < 1.29 is 13.2 Å². The van der Waals surface area contributed by atoms with Gasteiger partial charge >= 0.3 is 0 Å². The standard InChI is InChI=1S/C19H23NO3S/c1-3-16-8-10-18(11-9-16)23-12-13-24(21,22)20-15(2)14-17-6-4-5-7-19(17)20/h4-11,15H,3,12-14H2,1-2H3. The van der Waals surface area contributed by atoms with Crippen LogP contribution in [0.4, 0.5) is 5.69 Å². The first-order valence-corrected chi connectivity index (χ1v) is 9.94. The smallest absolute Gasteiger partial charge is 0.238 e. The van der Waals surface area contributed by atoms with E-state index in [4.69, 9.17) is 4.74 Å². The molecule has 0 saturated carbocycles. The molecule has 2 aromatic rings. The number of para-hydroxylation sites is 1. The predicted molar refractivity (Wildman–Crippen MR) is 97.2 cm³/mol. The van der Waals surface area contributed by atoms with Gasteiger partial charge in [-0.05, 0) is 49.1 Å². The second-order valence-electron chi connectivity index (χ2n) is 6.14. The number of fused-ring (bicyclic) bond motifs is 1. The summed E-state index contributed by atoms with van der Waals surface area (Å²) < 4.78 is 32.7. The van der Waals surface area contributed by atoms with Gasteiger partial charge < -0.3 is 4.74 Å². The van der Waals surface area contributed by atoms with E-state index < -0.39 is 10.0 Å². The lowest BCUT2D eigenvalue weighted by Crippen LogP contribution is -2.38. The molecule has 0 fully saturated rings. The van der Waals surface area contributed by atoms with Crippen molar-refractivity contribution in [2.45, 2.75) is 32.7 Å². The van der Waals surface area contributed by atoms with Crippen molar-refractivity contribution in [3.63, 3.8) is 0 Å². The molecule has 2 aromatic carbocycles. The highest BCUT2D eigenvalue weighted by Gasteiger charge is 2.34. The molecule has 0 saturated heterocycles. The van der Waals surface area contributed by atoms with Crippen LogP contribution in [0, 0.1) is 0 Å². The molecule has 24 heavy (non-hydrogen) atoms. The molecule has 5 heteroatoms. The molecule has 1 aliphatic heterocycles. The molecule has 0 aliphatic carbocycles. The van der Waals surface area contributed by atoms with Crippen LogP contribution in [0.5, 0.6) is 5.75 Å². The summed E-state index contributed by atoms with van der Waals surface area (Å²) in [6.07, 6.45) is 1.73. The second kappa shape index (κ2) is 6.85. The quantitative estimate of drug-likeness (QED) is 0.806. The van der Waals surface area contributed by atoms with Crippen LogP contribution in [0.15, 0.2) is 48.5 Å². The van der Waals surface area contributed by atoms with Gasteiger partial charge in [-0.2, -0.15) is 0 Å². The summed E-state index contributed by atoms with van der Waals surface area (Å²) in [6, 6.07) is 15.4. The van der Waals surface area contributed by atoms with Gasteiger partial charge in [0.25, 0.3) is 0 Å². The Labute approximate surface area is 144 Å². The third kappa shape index (κ3) is 3.41. The number of aryl methyl sites for hydroxylation is 1. The lowest BCUT2D eigenvalue weighted by molar-refractivity contribution is 0.340. The van der Waals surface area contributed by atoms with E-state index in [2.05, 4.69) is 6.92 Å². The number of nitrogens with zero attached hydrogens (tertiary/aromatic N) is 1. The summed E-state index contributed by atoms with van der Waals surface area (Å²) in [5.74, 6) is 0.679. The first-order valence-electron chi connectivity index (χ1n) is 8.33. The van der Waals surface area contributed by atoms with Crippen LogP contribution in [0.1, 0.15) is 25.0 Å². The third-order valence-electron chi connectivity index (χ3n) is 4.39. The van der Waals surface area contributed by atoms with Crippen molar-refractivity contribution in [3.8, 4) is 5.75 Å². The van der Waals surface area contributed by atoms with Crippen LogP contribution in [0.2, 0.25) is 0 Å². The average Bonchev–Trinajstić information content (AvgIpc) is 2.92. The second-order valence-corrected chi connectivity index (χ2v) is 8.11. The molecule has 4 nitrogen and oxygen atoms in total. The molecule has 0 amide bonds. The topological polar surface area (TPSA) is 46.6 Å². The Kier molecular flexibility index (Phi) is 4.81. The van der Waals surface area contributed by atoms with Gasteiger partial charge in [0.05, 0.1) is 5.69 Å². The zero-order valence-corrected chi connectivity index (χ0v) is 14.9. The number of sulfonamides is 1. The number of rotatable bonds is 6. The minimum absolute atomic E-state index is 0.0266. The van der Waals surface area contributed by atoms with Gasteiger partial charge in [0.1, 0.15) is 18.1 Å². The van der Waals surface area contributed by atoms with Gasteiger partial charge in [-0.3, -0.25) is 4.31 Å². The number of hydrogen-bond acceptors (Lipinski definition) is 3. The maximum atomic E-state index is 12.7. The van der Waals surface area contributed by atoms with Crippen LogP contribution >= 0.6 is 0 Å². The lowest BCUT2D eigenvalue weighted by Gasteiger charge is -2.24. The number of anilines is 1. The summed E-state index contributed by atoms with van der Waals surface area (Å²) in [4.78, 5) is 0. The highest BCUT2D eigenvalue weighted by atomic mass is 32.2. The van der Waals surface area contributed by atoms with Crippen molar-refractivity contribution in [2.75, 3.05) is 16.7 Å². The van der Waals surface area contributed by atoms with Crippen molar-refractivity contribution in [3.05, 3.63) is 59.7 Å². The largest absolute Gasteiger partial charge is 0.492 e. The molecule has 0 radical (unpaired) electrons. The normalized spacial score (nSPS) is 16.9. The predicted octanol–water partition coefficient (Wildman–Crippen LogP) is 3.41. The third-order valence-corrected chi connectivity index (χ3v) is 6.22. The Morgan fingerprint density at radius 3 is 2.54 bits per heavy atom. The molecule has 0 aromatic heterocycles. The van der Waals surface area contributed by atoms with Crippen LogP contribution in [0.3, 0.4) is 0 Å². The minimum atomic E-state index is -3.40. The van der Waals surface area contributed by atoms with E-state index in [1.165, 1.54) is 5.56 Å². The molecule has 3 rings (SSSR count). The fourth-order valence-electron chi connectivity index (χ4n) is 3.15. The number of hydrogen-bond donors (Lipinski definition) is 0. The molecule has 1 heterocycles. The Morgan fingerprint density at radius 2 is 1.83 bits per heavy atom. The number of benzene rings is 2. The highest BCUT2D eigenvalue weighted by Crippen LogP contribution is 2.34. The summed E-state index contributed by atoms with van der Waals surface area (Å²) in [5.41, 5.74) is 3.12. The molecular weight excluding hydrogens is 322 g/mol. The lowest BCUT2D eigenvalue weighted by atomic mass is 10.1. The Hall–Kier alpha value is -2.01. The fraction of sp³-hybridized carbons (Fsp3) is 0.368. The van der Waals surface area contributed by atoms with E-state index in [1.54, 1.807) is 4.31 Å². The van der Waals surface area contributed by atoms with Gasteiger partial charge in [0.2, 0.25) is 10.0 Å². The van der Waals surface area contributed by atoms with E-state index in [-0.39, 0.29) is 18.4 Å². The van der Waals surface area contributed by atoms with Gasteiger partial charge in [0.15, 0.2) is 0 Å². The van der Waals surface area contributed by atoms with E-state index in [0.717, 1.165) is 24.1 Å². The summed E-state index contributed by atoms with van der Waals surface area (Å²) in [5, 5.41) is 0. The van der Waals surface area contributed by atoms with Gasteiger partial charge in [-0.15, -0.1) is 0 Å². The van der Waals surface area contributed by atoms with Gasteiger partial charge in [-0.25, -0.2) is 8.42 Å². The van der Waals surface area contributed by atoms with E-state index in [1.807, 2.05) is 55.5 Å². The van der Waals surface area contributed by atoms with Gasteiger partial charge in [-0.1, -0.05) is 37.3 Å². The van der Waals surface area contributed by atoms with Gasteiger partial charge in [0, 0.05) is 6.04 Å². The SMILES string of the molecule is CCc1ccc(OCCS(=O)(=O)N2c3ccccc3CC2C)cc1. The Balaban J connectivity index is 1.66. The zero-order chi connectivity index (χ0) is 17.2. The molecule has 0 spiro atoms. The van der Waals surface area contributed by atoms with E-state index >= 15 is 0 Å². The van der Waals surface area contributed by atoms with Crippen molar-refractivity contribution >= 4 is 15.7 Å². The van der Waals surface area contributed by atoms with Crippen molar-refractivity contribution in [1.82, 2.24) is 0 Å². The molecule has 0 bridgehead atoms. The monoisotopic (exact) mass is 345 g/mol. The molecular formula is C19H23NO3S. The number of ether oxygens (including phenoxy) is 1. The molecule has 0 N–H and O–H groups in total. The zero-order valence-electron chi connectivity index (χ0n) is 14.1. The highest BCUT2D eigenvalue weighted by molar-refractivity contribution is 7.92. The van der Waals surface area contributed by atoms with Crippen LogP contribution in [-0.2, 0) is 22.9 Å². The molecule has 1 unspecified atom stereocenters. The van der Waals surface area contributed by atoms with E-state index in [0.29, 0.717) is 5.75 Å². The summed E-state index contributed by atoms with van der Waals surface area (Å²) >= 11 is 0. The van der Waals surface area contributed by atoms with Crippen molar-refractivity contribution in [2.24, 2.45) is 0 Å². The van der Waals surface area contributed by atoms with Crippen LogP contribution in [-0.4, -0.2) is 26.8 Å². The first kappa shape index (κ1) is 16.8. The fourth-order valence-corrected chi connectivity index (χ4v) is 4.74. The minimum Gasteiger partial charge on any atom is -0.492 e. The summed E-state index contributed by atoms with van der Waals surface area (Å²) in [7, 11) is -3.40. The average molecular weight is 345 g/mol. The van der Waals surface area contributed by atoms with Crippen LogP contribution < -0.4 is 9.04 Å². The molecule has 1 atom stereocenters. The Morgan fingerprint density at radius 1 is 1.12 bits per heavy atom. The maximum Gasteiger partial charge on any atom is 0.238 e. The molecule has 128 valence electrons. The van der Waals surface area contributed by atoms with E-state index in [9.17, 15) is 8.42 Å². The maximum absolute atomic E-state index is 12.7. The Bertz CT molecular complexity index is 800. The first-order chi connectivity index (χ1) is 11.5. The van der Waals surface area contributed by atoms with Crippen molar-refractivity contribution in [1.29, 1.82) is 0 Å². The molecule has 1 aliphatic rings. The van der Waals surface area contributed by atoms with Crippen LogP contribution in [0.25, 0.3) is 0 Å².